The number of nitrogens with one attached hydrogen (secondary N) is 1. The zero-order chi connectivity index (χ0) is 20.5. The maximum absolute atomic E-state index is 12.9. The number of aryl methyl sites for hydroxylation is 2. The van der Waals surface area contributed by atoms with E-state index < -0.39 is 10.0 Å². The molecule has 1 aromatic heterocycles. The molecule has 0 atom stereocenters. The van der Waals surface area contributed by atoms with Gasteiger partial charge in [-0.05, 0) is 39.5 Å². The van der Waals surface area contributed by atoms with Crippen molar-refractivity contribution >= 4 is 21.8 Å². The van der Waals surface area contributed by atoms with Gasteiger partial charge in [0.25, 0.3) is 0 Å². The molecule has 0 spiro atoms. The van der Waals surface area contributed by atoms with Gasteiger partial charge in [0, 0.05) is 45.1 Å². The van der Waals surface area contributed by atoms with Crippen molar-refractivity contribution in [3.05, 3.63) is 11.5 Å². The number of carbonyl (C=O) groups is 2. The number of carbonyl (C=O) groups excluding carboxylic acids is 2. The third-order valence-corrected chi connectivity index (χ3v) is 7.82. The van der Waals surface area contributed by atoms with Crippen LogP contribution in [0.25, 0.3) is 0 Å². The van der Waals surface area contributed by atoms with Crippen molar-refractivity contribution in [2.24, 2.45) is 5.92 Å². The summed E-state index contributed by atoms with van der Waals surface area (Å²) in [5.41, 5.74) is 0.356. The second-order valence-corrected chi connectivity index (χ2v) is 9.50. The lowest BCUT2D eigenvalue weighted by atomic mass is 9.96. The van der Waals surface area contributed by atoms with Crippen LogP contribution < -0.4 is 5.32 Å². The van der Waals surface area contributed by atoms with Gasteiger partial charge in [-0.2, -0.15) is 4.31 Å². The third kappa shape index (κ3) is 4.22. The molecule has 156 valence electrons. The molecule has 2 aliphatic rings. The third-order valence-electron chi connectivity index (χ3n) is 5.68. The zero-order valence-electron chi connectivity index (χ0n) is 16.6. The van der Waals surface area contributed by atoms with Crippen molar-refractivity contribution in [3.8, 4) is 0 Å². The van der Waals surface area contributed by atoms with Gasteiger partial charge in [-0.1, -0.05) is 5.16 Å². The lowest BCUT2D eigenvalue weighted by Crippen LogP contribution is -2.49. The van der Waals surface area contributed by atoms with Gasteiger partial charge < -0.3 is 14.7 Å². The summed E-state index contributed by atoms with van der Waals surface area (Å²) in [6, 6.07) is 0.0761. The first-order valence-corrected chi connectivity index (χ1v) is 11.1. The molecule has 0 radical (unpaired) electrons. The van der Waals surface area contributed by atoms with Crippen LogP contribution in [0.15, 0.2) is 9.42 Å². The van der Waals surface area contributed by atoms with Crippen molar-refractivity contribution < 1.29 is 22.5 Å². The molecular weight excluding hydrogens is 384 g/mol. The van der Waals surface area contributed by atoms with Gasteiger partial charge in [0.15, 0.2) is 5.76 Å². The summed E-state index contributed by atoms with van der Waals surface area (Å²) >= 11 is 0. The van der Waals surface area contributed by atoms with Crippen molar-refractivity contribution in [2.45, 2.75) is 57.4 Å². The standard InChI is InChI=1S/C18H28N4O5S/c1-12-17(13(2)27-20-12)28(25,26)22-10-4-15(5-11-22)18(24)19-16-6-8-21(9-7-16)14(3)23/h15-16H,4-11H2,1-3H3,(H,19,24). The predicted octanol–water partition coefficient (Wildman–Crippen LogP) is 0.819. The zero-order valence-corrected chi connectivity index (χ0v) is 17.4. The van der Waals surface area contributed by atoms with E-state index in [2.05, 4.69) is 10.5 Å². The number of hydrogen-bond donors (Lipinski definition) is 1. The van der Waals surface area contributed by atoms with Crippen LogP contribution in [0.5, 0.6) is 0 Å². The van der Waals surface area contributed by atoms with Gasteiger partial charge in [0.2, 0.25) is 21.8 Å². The van der Waals surface area contributed by atoms with Crippen molar-refractivity contribution in [3.63, 3.8) is 0 Å². The van der Waals surface area contributed by atoms with E-state index in [1.165, 1.54) is 4.31 Å². The van der Waals surface area contributed by atoms with Crippen LogP contribution in [-0.2, 0) is 19.6 Å². The first kappa shape index (κ1) is 20.8. The average Bonchev–Trinajstić information content (AvgIpc) is 3.01. The van der Waals surface area contributed by atoms with Gasteiger partial charge in [0.05, 0.1) is 0 Å². The largest absolute Gasteiger partial charge is 0.360 e. The van der Waals surface area contributed by atoms with Crippen LogP contribution in [0.1, 0.15) is 44.1 Å². The molecule has 0 aromatic carbocycles. The summed E-state index contributed by atoms with van der Waals surface area (Å²) in [4.78, 5) is 25.9. The molecule has 3 rings (SSSR count). The number of piperidine rings is 2. The fourth-order valence-electron chi connectivity index (χ4n) is 3.99. The number of aromatic nitrogens is 1. The molecule has 28 heavy (non-hydrogen) atoms. The van der Waals surface area contributed by atoms with Crippen molar-refractivity contribution in [2.75, 3.05) is 26.2 Å². The summed E-state index contributed by atoms with van der Waals surface area (Å²) in [5.74, 6) is 0.142. The molecule has 1 aromatic rings. The van der Waals surface area contributed by atoms with E-state index in [4.69, 9.17) is 4.52 Å². The molecular formula is C18H28N4O5S. The molecule has 0 bridgehead atoms. The van der Waals surface area contributed by atoms with Gasteiger partial charge in [0.1, 0.15) is 10.6 Å². The summed E-state index contributed by atoms with van der Waals surface area (Å²) in [6.45, 7) is 6.68. The van der Waals surface area contributed by atoms with Crippen LogP contribution in [0.4, 0.5) is 0 Å². The number of sulfonamides is 1. The Morgan fingerprint density at radius 2 is 1.68 bits per heavy atom. The fraction of sp³-hybridized carbons (Fsp3) is 0.722. The predicted molar refractivity (Wildman–Crippen MR) is 101 cm³/mol. The highest BCUT2D eigenvalue weighted by atomic mass is 32.2. The Labute approximate surface area is 165 Å². The minimum atomic E-state index is -3.66. The van der Waals surface area contributed by atoms with E-state index >= 15 is 0 Å². The van der Waals surface area contributed by atoms with E-state index in [1.807, 2.05) is 0 Å². The molecule has 10 heteroatoms. The smallest absolute Gasteiger partial charge is 0.248 e. The molecule has 0 unspecified atom stereocenters. The highest BCUT2D eigenvalue weighted by molar-refractivity contribution is 7.89. The Bertz CT molecular complexity index is 815. The van der Waals surface area contributed by atoms with Crippen LogP contribution in [0.3, 0.4) is 0 Å². The van der Waals surface area contributed by atoms with E-state index in [-0.39, 0.29) is 34.4 Å². The lowest BCUT2D eigenvalue weighted by Gasteiger charge is -2.34. The highest BCUT2D eigenvalue weighted by Gasteiger charge is 2.36. The molecule has 1 N–H and O–H groups in total. The van der Waals surface area contributed by atoms with E-state index in [0.717, 1.165) is 12.8 Å². The van der Waals surface area contributed by atoms with Gasteiger partial charge in [-0.15, -0.1) is 0 Å². The Morgan fingerprint density at radius 3 is 2.18 bits per heavy atom. The Balaban J connectivity index is 1.53. The van der Waals surface area contributed by atoms with Crippen LogP contribution in [0, 0.1) is 19.8 Å². The maximum Gasteiger partial charge on any atom is 0.248 e. The SMILES string of the molecule is CC(=O)N1CCC(NC(=O)C2CCN(S(=O)(=O)c3c(C)noc3C)CC2)CC1. The quantitative estimate of drug-likeness (QED) is 0.783. The fourth-order valence-corrected chi connectivity index (χ4v) is 5.75. The van der Waals surface area contributed by atoms with Crippen LogP contribution in [0.2, 0.25) is 0 Å². The van der Waals surface area contributed by atoms with Crippen LogP contribution in [-0.4, -0.2) is 66.8 Å². The molecule has 2 amide bonds. The molecule has 2 fully saturated rings. The topological polar surface area (TPSA) is 113 Å². The Morgan fingerprint density at radius 1 is 1.07 bits per heavy atom. The molecule has 3 heterocycles. The number of likely N-dealkylation sites (tertiary alicyclic amines) is 1. The first-order valence-electron chi connectivity index (χ1n) is 9.69. The van der Waals surface area contributed by atoms with Gasteiger partial charge in [-0.25, -0.2) is 8.42 Å². The summed E-state index contributed by atoms with van der Waals surface area (Å²) in [7, 11) is -3.66. The summed E-state index contributed by atoms with van der Waals surface area (Å²) < 4.78 is 32.1. The summed E-state index contributed by atoms with van der Waals surface area (Å²) in [5, 5.41) is 6.81. The van der Waals surface area contributed by atoms with Crippen LogP contribution >= 0.6 is 0 Å². The van der Waals surface area contributed by atoms with Crippen molar-refractivity contribution in [1.29, 1.82) is 0 Å². The van der Waals surface area contributed by atoms with Crippen molar-refractivity contribution in [1.82, 2.24) is 19.7 Å². The Hall–Kier alpha value is -1.94. The van der Waals surface area contributed by atoms with Gasteiger partial charge in [-0.3, -0.25) is 9.59 Å². The minimum Gasteiger partial charge on any atom is -0.360 e. The van der Waals surface area contributed by atoms with E-state index in [1.54, 1.807) is 25.7 Å². The normalized spacial score (nSPS) is 20.3. The number of hydrogen-bond acceptors (Lipinski definition) is 6. The number of amides is 2. The Kier molecular flexibility index (Phi) is 6.09. The monoisotopic (exact) mass is 412 g/mol. The molecule has 0 aliphatic carbocycles. The molecule has 2 aliphatic heterocycles. The maximum atomic E-state index is 12.9. The highest BCUT2D eigenvalue weighted by Crippen LogP contribution is 2.28. The van der Waals surface area contributed by atoms with E-state index in [9.17, 15) is 18.0 Å². The second kappa shape index (κ2) is 8.20. The molecule has 0 saturated carbocycles. The second-order valence-electron chi connectivity index (χ2n) is 7.62. The first-order chi connectivity index (χ1) is 13.2. The van der Waals surface area contributed by atoms with Gasteiger partial charge >= 0.3 is 0 Å². The number of nitrogens with zero attached hydrogens (tertiary/aromatic N) is 3. The summed E-state index contributed by atoms with van der Waals surface area (Å²) in [6.07, 6.45) is 2.48. The molecule has 9 nitrogen and oxygen atoms in total. The lowest BCUT2D eigenvalue weighted by molar-refractivity contribution is -0.130. The molecule has 2 saturated heterocycles. The number of rotatable bonds is 4. The minimum absolute atomic E-state index is 0.0179. The van der Waals surface area contributed by atoms with E-state index in [0.29, 0.717) is 44.7 Å². The average molecular weight is 413 g/mol.